The lowest BCUT2D eigenvalue weighted by molar-refractivity contribution is 0.465. The molecule has 108 valence electrons. The standard InChI is InChI=1S/C17H16ClNS2/c18-17-12-4-1-2-6-15(12)21-16(17)10-19-13-5-3-7-14-11(13)8-9-20-14/h1-2,4,6,8-9,13,19H,3,5,7,10H2. The fourth-order valence-corrected chi connectivity index (χ4v) is 5.53. The maximum Gasteiger partial charge on any atom is 0.0636 e. The van der Waals surface area contributed by atoms with Crippen molar-refractivity contribution in [3.05, 3.63) is 56.1 Å². The van der Waals surface area contributed by atoms with Gasteiger partial charge in [-0.2, -0.15) is 0 Å². The second-order valence-corrected chi connectivity index (χ2v) is 7.98. The van der Waals surface area contributed by atoms with Crippen molar-refractivity contribution < 1.29 is 0 Å². The number of nitrogens with one attached hydrogen (secondary N) is 1. The summed E-state index contributed by atoms with van der Waals surface area (Å²) < 4.78 is 1.28. The SMILES string of the molecule is Clc1c(CNC2CCCc3sccc32)sc2ccccc12. The summed E-state index contributed by atoms with van der Waals surface area (Å²) in [7, 11) is 0. The molecule has 4 rings (SSSR count). The van der Waals surface area contributed by atoms with Gasteiger partial charge < -0.3 is 5.32 Å². The molecule has 4 heteroatoms. The zero-order chi connectivity index (χ0) is 14.2. The quantitative estimate of drug-likeness (QED) is 0.640. The summed E-state index contributed by atoms with van der Waals surface area (Å²) in [5.74, 6) is 0. The molecule has 1 aliphatic rings. The molecule has 2 heterocycles. The minimum absolute atomic E-state index is 0.487. The van der Waals surface area contributed by atoms with Crippen LogP contribution in [-0.4, -0.2) is 0 Å². The summed E-state index contributed by atoms with van der Waals surface area (Å²) in [6, 6.07) is 11.1. The Morgan fingerprint density at radius 1 is 1.24 bits per heavy atom. The fraction of sp³-hybridized carbons (Fsp3) is 0.294. The maximum atomic E-state index is 6.53. The van der Waals surface area contributed by atoms with E-state index in [9.17, 15) is 0 Å². The van der Waals surface area contributed by atoms with Gasteiger partial charge in [0.05, 0.1) is 5.02 Å². The molecule has 1 atom stereocenters. The number of thiophene rings is 2. The zero-order valence-electron chi connectivity index (χ0n) is 11.6. The van der Waals surface area contributed by atoms with E-state index in [0.717, 1.165) is 11.6 Å². The van der Waals surface area contributed by atoms with Crippen LogP contribution in [-0.2, 0) is 13.0 Å². The van der Waals surface area contributed by atoms with Crippen LogP contribution in [0.5, 0.6) is 0 Å². The molecule has 1 aromatic carbocycles. The molecule has 1 aliphatic carbocycles. The molecule has 0 amide bonds. The Balaban J connectivity index is 1.56. The fourth-order valence-electron chi connectivity index (χ4n) is 3.09. The first-order chi connectivity index (χ1) is 10.3. The first kappa shape index (κ1) is 13.8. The smallest absolute Gasteiger partial charge is 0.0636 e. The molecule has 0 radical (unpaired) electrons. The van der Waals surface area contributed by atoms with E-state index < -0.39 is 0 Å². The normalized spacial score (nSPS) is 18.0. The lowest BCUT2D eigenvalue weighted by atomic mass is 9.94. The predicted octanol–water partition coefficient (Wildman–Crippen LogP) is 5.78. The van der Waals surface area contributed by atoms with Crippen LogP contribution in [0.4, 0.5) is 0 Å². The monoisotopic (exact) mass is 333 g/mol. The minimum atomic E-state index is 0.487. The summed E-state index contributed by atoms with van der Waals surface area (Å²) >= 11 is 10.2. The molecule has 2 aromatic heterocycles. The molecule has 1 unspecified atom stereocenters. The average Bonchev–Trinajstić information content (AvgIpc) is 3.11. The molecule has 1 N–H and O–H groups in total. The van der Waals surface area contributed by atoms with E-state index in [0.29, 0.717) is 6.04 Å². The molecular weight excluding hydrogens is 318 g/mol. The Morgan fingerprint density at radius 3 is 3.05 bits per heavy atom. The van der Waals surface area contributed by atoms with Crippen LogP contribution in [0, 0.1) is 0 Å². The number of halogens is 1. The molecule has 0 saturated carbocycles. The third kappa shape index (κ3) is 2.53. The number of aryl methyl sites for hydroxylation is 1. The van der Waals surface area contributed by atoms with Crippen LogP contribution in [0.25, 0.3) is 10.1 Å². The van der Waals surface area contributed by atoms with Crippen molar-refractivity contribution in [3.8, 4) is 0 Å². The van der Waals surface area contributed by atoms with Gasteiger partial charge in [0, 0.05) is 32.4 Å². The highest BCUT2D eigenvalue weighted by molar-refractivity contribution is 7.19. The largest absolute Gasteiger partial charge is 0.305 e. The topological polar surface area (TPSA) is 12.0 Å². The lowest BCUT2D eigenvalue weighted by Crippen LogP contribution is -2.23. The molecule has 0 bridgehead atoms. The lowest BCUT2D eigenvalue weighted by Gasteiger charge is -2.23. The van der Waals surface area contributed by atoms with Crippen molar-refractivity contribution in [1.29, 1.82) is 0 Å². The second kappa shape index (κ2) is 5.73. The van der Waals surface area contributed by atoms with E-state index in [4.69, 9.17) is 11.6 Å². The zero-order valence-corrected chi connectivity index (χ0v) is 14.0. The van der Waals surface area contributed by atoms with Crippen molar-refractivity contribution in [1.82, 2.24) is 5.32 Å². The Bertz CT molecular complexity index is 774. The van der Waals surface area contributed by atoms with Crippen LogP contribution < -0.4 is 5.32 Å². The number of hydrogen-bond donors (Lipinski definition) is 1. The molecule has 0 spiro atoms. The van der Waals surface area contributed by atoms with Crippen LogP contribution >= 0.6 is 34.3 Å². The van der Waals surface area contributed by atoms with E-state index in [-0.39, 0.29) is 0 Å². The van der Waals surface area contributed by atoms with Crippen molar-refractivity contribution in [2.24, 2.45) is 0 Å². The van der Waals surface area contributed by atoms with Gasteiger partial charge in [-0.1, -0.05) is 29.8 Å². The van der Waals surface area contributed by atoms with E-state index >= 15 is 0 Å². The number of benzene rings is 1. The molecule has 0 saturated heterocycles. The van der Waals surface area contributed by atoms with E-state index in [1.807, 2.05) is 11.3 Å². The molecule has 1 nitrogen and oxygen atoms in total. The summed E-state index contributed by atoms with van der Waals surface area (Å²) in [5, 5.41) is 8.04. The molecule has 21 heavy (non-hydrogen) atoms. The minimum Gasteiger partial charge on any atom is -0.305 e. The molecule has 0 fully saturated rings. The van der Waals surface area contributed by atoms with Crippen LogP contribution in [0.15, 0.2) is 35.7 Å². The van der Waals surface area contributed by atoms with Gasteiger partial charge in [0.2, 0.25) is 0 Å². The van der Waals surface area contributed by atoms with Gasteiger partial charge >= 0.3 is 0 Å². The molecule has 3 aromatic rings. The van der Waals surface area contributed by atoms with Crippen LogP contribution in [0.2, 0.25) is 5.02 Å². The predicted molar refractivity (Wildman–Crippen MR) is 93.7 cm³/mol. The maximum absolute atomic E-state index is 6.53. The highest BCUT2D eigenvalue weighted by Gasteiger charge is 2.21. The Labute approximate surface area is 137 Å². The first-order valence-electron chi connectivity index (χ1n) is 7.28. The van der Waals surface area contributed by atoms with Crippen molar-refractivity contribution in [2.45, 2.75) is 31.8 Å². The average molecular weight is 334 g/mol. The number of fused-ring (bicyclic) bond motifs is 2. The van der Waals surface area contributed by atoms with Gasteiger partial charge in [0.25, 0.3) is 0 Å². The molecule has 0 aliphatic heterocycles. The van der Waals surface area contributed by atoms with Crippen molar-refractivity contribution in [2.75, 3.05) is 0 Å². The summed E-state index contributed by atoms with van der Waals surface area (Å²) in [5.41, 5.74) is 1.50. The second-order valence-electron chi connectivity index (χ2n) is 5.46. The molecular formula is C17H16ClNS2. The third-order valence-electron chi connectivity index (χ3n) is 4.16. The van der Waals surface area contributed by atoms with E-state index in [2.05, 4.69) is 41.0 Å². The Kier molecular flexibility index (Phi) is 3.76. The van der Waals surface area contributed by atoms with Gasteiger partial charge in [0.15, 0.2) is 0 Å². The Hall–Kier alpha value is -0.870. The van der Waals surface area contributed by atoms with Gasteiger partial charge in [0.1, 0.15) is 0 Å². The van der Waals surface area contributed by atoms with Crippen LogP contribution in [0.1, 0.15) is 34.2 Å². The van der Waals surface area contributed by atoms with Crippen LogP contribution in [0.3, 0.4) is 0 Å². The van der Waals surface area contributed by atoms with Gasteiger partial charge in [-0.15, -0.1) is 22.7 Å². The van der Waals surface area contributed by atoms with Crippen molar-refractivity contribution in [3.63, 3.8) is 0 Å². The van der Waals surface area contributed by atoms with Crippen molar-refractivity contribution >= 4 is 44.4 Å². The highest BCUT2D eigenvalue weighted by Crippen LogP contribution is 2.37. The first-order valence-corrected chi connectivity index (χ1v) is 9.36. The number of rotatable bonds is 3. The Morgan fingerprint density at radius 2 is 2.14 bits per heavy atom. The van der Waals surface area contributed by atoms with Gasteiger partial charge in [-0.3, -0.25) is 0 Å². The summed E-state index contributed by atoms with van der Waals surface area (Å²) in [4.78, 5) is 2.81. The highest BCUT2D eigenvalue weighted by atomic mass is 35.5. The van der Waals surface area contributed by atoms with Gasteiger partial charge in [-0.25, -0.2) is 0 Å². The summed E-state index contributed by atoms with van der Waals surface area (Å²) in [6.45, 7) is 0.859. The summed E-state index contributed by atoms with van der Waals surface area (Å²) in [6.07, 6.45) is 3.76. The van der Waals surface area contributed by atoms with E-state index in [1.165, 1.54) is 39.8 Å². The third-order valence-corrected chi connectivity index (χ3v) is 6.87. The van der Waals surface area contributed by atoms with E-state index in [1.54, 1.807) is 16.2 Å². The van der Waals surface area contributed by atoms with Gasteiger partial charge in [-0.05, 0) is 42.3 Å². The number of hydrogen-bond acceptors (Lipinski definition) is 3.